The first-order valence-corrected chi connectivity index (χ1v) is 5.91. The number of anilines is 1. The molecule has 0 aliphatic carbocycles. The molecule has 2 rings (SSSR count). The van der Waals surface area contributed by atoms with E-state index in [1.807, 2.05) is 25.1 Å². The highest BCUT2D eigenvalue weighted by molar-refractivity contribution is 5.47. The molecule has 3 nitrogen and oxygen atoms in total. The topological polar surface area (TPSA) is 44.5 Å². The number of nitrogens with two attached hydrogens (primary N) is 1. The zero-order valence-corrected chi connectivity index (χ0v) is 10.9. The molecule has 2 aromatic rings. The average Bonchev–Trinajstić information content (AvgIpc) is 2.39. The zero-order chi connectivity index (χ0) is 13.8. The van der Waals surface area contributed by atoms with Crippen molar-refractivity contribution in [1.29, 1.82) is 0 Å². The molecule has 0 atom stereocenters. The van der Waals surface area contributed by atoms with E-state index in [1.54, 1.807) is 13.2 Å². The molecule has 19 heavy (non-hydrogen) atoms. The van der Waals surface area contributed by atoms with Gasteiger partial charge in [0.05, 0.1) is 7.11 Å². The summed E-state index contributed by atoms with van der Waals surface area (Å²) in [7, 11) is 1.59. The number of nitrogen functional groups attached to an aromatic ring is 1. The maximum atomic E-state index is 12.9. The number of hydrogen-bond acceptors (Lipinski definition) is 3. The molecule has 0 saturated carbocycles. The van der Waals surface area contributed by atoms with Gasteiger partial charge in [-0.15, -0.1) is 0 Å². The summed E-state index contributed by atoms with van der Waals surface area (Å²) in [6.07, 6.45) is 0. The Labute approximate surface area is 111 Å². The molecule has 0 aliphatic rings. The lowest BCUT2D eigenvalue weighted by atomic mass is 10.2. The molecule has 0 aliphatic heterocycles. The van der Waals surface area contributed by atoms with Gasteiger partial charge in [-0.3, -0.25) is 0 Å². The minimum absolute atomic E-state index is 0.269. The molecular weight excluding hydrogens is 245 g/mol. The van der Waals surface area contributed by atoms with Gasteiger partial charge in [-0.1, -0.05) is 12.1 Å². The monoisotopic (exact) mass is 261 g/mol. The van der Waals surface area contributed by atoms with Crippen LogP contribution in [-0.4, -0.2) is 7.11 Å². The number of hydrogen-bond donors (Lipinski definition) is 1. The number of rotatable bonds is 4. The third-order valence-electron chi connectivity index (χ3n) is 2.81. The van der Waals surface area contributed by atoms with Gasteiger partial charge in [0.1, 0.15) is 12.4 Å². The predicted molar refractivity (Wildman–Crippen MR) is 72.9 cm³/mol. The average molecular weight is 261 g/mol. The van der Waals surface area contributed by atoms with Gasteiger partial charge < -0.3 is 15.2 Å². The first-order chi connectivity index (χ1) is 9.10. The normalized spacial score (nSPS) is 10.3. The van der Waals surface area contributed by atoms with Crippen molar-refractivity contribution in [1.82, 2.24) is 0 Å². The fourth-order valence-corrected chi connectivity index (χ4v) is 1.75. The van der Waals surface area contributed by atoms with E-state index >= 15 is 0 Å². The van der Waals surface area contributed by atoms with Crippen LogP contribution in [0.2, 0.25) is 0 Å². The van der Waals surface area contributed by atoms with Crippen molar-refractivity contribution in [2.24, 2.45) is 0 Å². The van der Waals surface area contributed by atoms with Crippen molar-refractivity contribution in [3.05, 3.63) is 53.3 Å². The van der Waals surface area contributed by atoms with E-state index in [4.69, 9.17) is 15.2 Å². The lowest BCUT2D eigenvalue weighted by molar-refractivity contribution is 0.285. The maximum absolute atomic E-state index is 12.9. The fraction of sp³-hybridized carbons (Fsp3) is 0.200. The molecule has 0 aromatic heterocycles. The summed E-state index contributed by atoms with van der Waals surface area (Å²) >= 11 is 0. The van der Waals surface area contributed by atoms with Crippen LogP contribution in [0.3, 0.4) is 0 Å². The summed E-state index contributed by atoms with van der Waals surface area (Å²) < 4.78 is 23.8. The SMILES string of the molecule is COc1cc(C)ccc1OCc1ccc(F)cc1N. The molecule has 2 aromatic carbocycles. The molecule has 0 bridgehead atoms. The Kier molecular flexibility index (Phi) is 3.90. The van der Waals surface area contributed by atoms with Crippen LogP contribution in [0, 0.1) is 12.7 Å². The van der Waals surface area contributed by atoms with E-state index < -0.39 is 0 Å². The Bertz CT molecular complexity index is 584. The molecular formula is C15H16FNO2. The molecule has 100 valence electrons. The van der Waals surface area contributed by atoms with Crippen LogP contribution >= 0.6 is 0 Å². The minimum atomic E-state index is -0.353. The van der Waals surface area contributed by atoms with Gasteiger partial charge in [0.2, 0.25) is 0 Å². The van der Waals surface area contributed by atoms with Crippen LogP contribution in [0.5, 0.6) is 11.5 Å². The van der Waals surface area contributed by atoms with Crippen molar-refractivity contribution in [3.8, 4) is 11.5 Å². The quantitative estimate of drug-likeness (QED) is 0.859. The molecule has 0 radical (unpaired) electrons. The number of ether oxygens (including phenoxy) is 2. The molecule has 0 spiro atoms. The second kappa shape index (κ2) is 5.61. The van der Waals surface area contributed by atoms with Crippen LogP contribution in [-0.2, 0) is 6.61 Å². The molecule has 0 unspecified atom stereocenters. The lowest BCUT2D eigenvalue weighted by Gasteiger charge is -2.12. The largest absolute Gasteiger partial charge is 0.493 e. The van der Waals surface area contributed by atoms with E-state index in [2.05, 4.69) is 0 Å². The first kappa shape index (κ1) is 13.2. The van der Waals surface area contributed by atoms with Crippen molar-refractivity contribution >= 4 is 5.69 Å². The number of benzene rings is 2. The van der Waals surface area contributed by atoms with Crippen molar-refractivity contribution in [2.75, 3.05) is 12.8 Å². The molecule has 4 heteroatoms. The third-order valence-corrected chi connectivity index (χ3v) is 2.81. The summed E-state index contributed by atoms with van der Waals surface area (Å²) in [6, 6.07) is 9.93. The van der Waals surface area contributed by atoms with Gasteiger partial charge in [-0.2, -0.15) is 0 Å². The standard InChI is InChI=1S/C15H16FNO2/c1-10-3-6-14(15(7-10)18-2)19-9-11-4-5-12(16)8-13(11)17/h3-8H,9,17H2,1-2H3. The zero-order valence-electron chi connectivity index (χ0n) is 10.9. The van der Waals surface area contributed by atoms with E-state index in [-0.39, 0.29) is 12.4 Å². The van der Waals surface area contributed by atoms with E-state index in [9.17, 15) is 4.39 Å². The van der Waals surface area contributed by atoms with E-state index in [0.29, 0.717) is 17.2 Å². The van der Waals surface area contributed by atoms with Crippen molar-refractivity contribution in [2.45, 2.75) is 13.5 Å². The Balaban J connectivity index is 2.14. The molecule has 0 amide bonds. The van der Waals surface area contributed by atoms with Crippen LogP contribution < -0.4 is 15.2 Å². The van der Waals surface area contributed by atoms with Gasteiger partial charge >= 0.3 is 0 Å². The molecule has 0 fully saturated rings. The Morgan fingerprint density at radius 2 is 1.89 bits per heavy atom. The molecule has 0 saturated heterocycles. The third kappa shape index (κ3) is 3.16. The van der Waals surface area contributed by atoms with Crippen LogP contribution in [0.1, 0.15) is 11.1 Å². The second-order valence-corrected chi connectivity index (χ2v) is 4.29. The summed E-state index contributed by atoms with van der Waals surface area (Å²) in [5.74, 6) is 0.951. The second-order valence-electron chi connectivity index (χ2n) is 4.29. The molecule has 0 heterocycles. The number of aryl methyl sites for hydroxylation is 1. The lowest BCUT2D eigenvalue weighted by Crippen LogP contribution is -2.02. The Morgan fingerprint density at radius 3 is 2.58 bits per heavy atom. The summed E-state index contributed by atoms with van der Waals surface area (Å²) in [6.45, 7) is 2.25. The van der Waals surface area contributed by atoms with Crippen LogP contribution in [0.15, 0.2) is 36.4 Å². The van der Waals surface area contributed by atoms with Gasteiger partial charge in [0, 0.05) is 11.3 Å². The van der Waals surface area contributed by atoms with Crippen LogP contribution in [0.4, 0.5) is 10.1 Å². The number of halogens is 1. The first-order valence-electron chi connectivity index (χ1n) is 5.91. The maximum Gasteiger partial charge on any atom is 0.161 e. The smallest absolute Gasteiger partial charge is 0.161 e. The van der Waals surface area contributed by atoms with Gasteiger partial charge in [-0.25, -0.2) is 4.39 Å². The van der Waals surface area contributed by atoms with E-state index in [0.717, 1.165) is 11.1 Å². The predicted octanol–water partition coefficient (Wildman–Crippen LogP) is 3.30. The minimum Gasteiger partial charge on any atom is -0.493 e. The highest BCUT2D eigenvalue weighted by atomic mass is 19.1. The van der Waals surface area contributed by atoms with Crippen molar-refractivity contribution < 1.29 is 13.9 Å². The molecule has 2 N–H and O–H groups in total. The fourth-order valence-electron chi connectivity index (χ4n) is 1.75. The Morgan fingerprint density at radius 1 is 1.11 bits per heavy atom. The van der Waals surface area contributed by atoms with Gasteiger partial charge in [0.25, 0.3) is 0 Å². The summed E-state index contributed by atoms with van der Waals surface area (Å²) in [5, 5.41) is 0. The van der Waals surface area contributed by atoms with E-state index in [1.165, 1.54) is 12.1 Å². The summed E-state index contributed by atoms with van der Waals surface area (Å²) in [4.78, 5) is 0. The van der Waals surface area contributed by atoms with Crippen molar-refractivity contribution in [3.63, 3.8) is 0 Å². The number of methoxy groups -OCH3 is 1. The highest BCUT2D eigenvalue weighted by Crippen LogP contribution is 2.29. The Hall–Kier alpha value is -2.23. The highest BCUT2D eigenvalue weighted by Gasteiger charge is 2.06. The van der Waals surface area contributed by atoms with Gasteiger partial charge in [0.15, 0.2) is 11.5 Å². The van der Waals surface area contributed by atoms with Crippen LogP contribution in [0.25, 0.3) is 0 Å². The summed E-state index contributed by atoms with van der Waals surface area (Å²) in [5.41, 5.74) is 7.94. The van der Waals surface area contributed by atoms with Gasteiger partial charge in [-0.05, 0) is 36.8 Å².